The van der Waals surface area contributed by atoms with Crippen LogP contribution in [0.5, 0.6) is 0 Å². The molecule has 5 nitrogen and oxygen atoms in total. The average Bonchev–Trinajstić information content (AvgIpc) is 2.89. The maximum Gasteiger partial charge on any atom is 0.335 e. The Morgan fingerprint density at radius 1 is 1.47 bits per heavy atom. The molecule has 0 fully saturated rings. The number of carbonyl (C=O) groups is 1. The fourth-order valence-electron chi connectivity index (χ4n) is 1.69. The summed E-state index contributed by atoms with van der Waals surface area (Å²) in [6, 6.07) is 5.67. The fraction of sp³-hybridized carbons (Fsp3) is 0.231. The molecule has 0 spiro atoms. The van der Waals surface area contributed by atoms with Gasteiger partial charge in [0.25, 0.3) is 0 Å². The van der Waals surface area contributed by atoms with E-state index in [0.29, 0.717) is 12.2 Å². The molecule has 1 heterocycles. The lowest BCUT2D eigenvalue weighted by Gasteiger charge is -2.08. The number of hydrogen-bond donors (Lipinski definition) is 2. The van der Waals surface area contributed by atoms with Gasteiger partial charge in [0.1, 0.15) is 5.82 Å². The molecule has 0 amide bonds. The molecule has 2 rings (SSSR count). The van der Waals surface area contributed by atoms with E-state index in [1.165, 1.54) is 12.1 Å². The maximum absolute atomic E-state index is 13.6. The van der Waals surface area contributed by atoms with Crippen molar-refractivity contribution < 1.29 is 14.3 Å². The first-order chi connectivity index (χ1) is 9.16. The van der Waals surface area contributed by atoms with Crippen molar-refractivity contribution in [3.63, 3.8) is 0 Å². The number of nitrogens with one attached hydrogen (secondary N) is 1. The Bertz CT molecular complexity index is 555. The van der Waals surface area contributed by atoms with Crippen LogP contribution in [0.25, 0.3) is 0 Å². The number of aromatic nitrogens is 2. The third-order valence-electron chi connectivity index (χ3n) is 2.65. The van der Waals surface area contributed by atoms with Crippen LogP contribution in [0, 0.1) is 5.82 Å². The first kappa shape index (κ1) is 13.1. The van der Waals surface area contributed by atoms with Gasteiger partial charge in [0.05, 0.1) is 11.3 Å². The van der Waals surface area contributed by atoms with Crippen molar-refractivity contribution in [1.29, 1.82) is 0 Å². The van der Waals surface area contributed by atoms with Crippen LogP contribution >= 0.6 is 0 Å². The quantitative estimate of drug-likeness (QED) is 0.784. The van der Waals surface area contributed by atoms with Crippen LogP contribution in [-0.2, 0) is 6.54 Å². The molecule has 6 heteroatoms. The zero-order chi connectivity index (χ0) is 13.7. The maximum atomic E-state index is 13.6. The summed E-state index contributed by atoms with van der Waals surface area (Å²) in [5, 5.41) is 15.7. The molecule has 100 valence electrons. The summed E-state index contributed by atoms with van der Waals surface area (Å²) in [6.45, 7) is 1.33. The lowest BCUT2D eigenvalue weighted by atomic mass is 10.2. The van der Waals surface area contributed by atoms with E-state index in [1.54, 1.807) is 10.9 Å². The number of nitrogens with zero attached hydrogens (tertiary/aromatic N) is 2. The van der Waals surface area contributed by atoms with Gasteiger partial charge < -0.3 is 10.4 Å². The van der Waals surface area contributed by atoms with Gasteiger partial charge in [-0.25, -0.2) is 9.18 Å². The van der Waals surface area contributed by atoms with Gasteiger partial charge in [0.15, 0.2) is 0 Å². The van der Waals surface area contributed by atoms with Gasteiger partial charge in [-0.3, -0.25) is 4.68 Å². The van der Waals surface area contributed by atoms with Crippen molar-refractivity contribution in [1.82, 2.24) is 9.78 Å². The standard InChI is InChI=1S/C13H14FN3O2/c14-11-9-10(13(18)19)3-4-12(11)15-5-1-7-17-8-2-6-16-17/h2-4,6,8-9,15H,1,5,7H2,(H,18,19). The molecule has 0 aliphatic rings. The first-order valence-electron chi connectivity index (χ1n) is 5.91. The molecule has 0 radical (unpaired) electrons. The molecule has 2 aromatic rings. The van der Waals surface area contributed by atoms with Crippen LogP contribution in [0.2, 0.25) is 0 Å². The highest BCUT2D eigenvalue weighted by Crippen LogP contribution is 2.15. The molecule has 0 unspecified atom stereocenters. The van der Waals surface area contributed by atoms with Crippen LogP contribution in [0.1, 0.15) is 16.8 Å². The topological polar surface area (TPSA) is 67.2 Å². The van der Waals surface area contributed by atoms with Crippen LogP contribution in [-0.4, -0.2) is 27.4 Å². The minimum Gasteiger partial charge on any atom is -0.478 e. The predicted octanol–water partition coefficient (Wildman–Crippen LogP) is 2.22. The lowest BCUT2D eigenvalue weighted by Crippen LogP contribution is -2.08. The number of anilines is 1. The molecule has 19 heavy (non-hydrogen) atoms. The Morgan fingerprint density at radius 2 is 2.32 bits per heavy atom. The molecule has 0 bridgehead atoms. The summed E-state index contributed by atoms with van der Waals surface area (Å²) in [5.74, 6) is -1.69. The van der Waals surface area contributed by atoms with Crippen LogP contribution in [0.4, 0.5) is 10.1 Å². The van der Waals surface area contributed by atoms with Gasteiger partial charge in [-0.2, -0.15) is 5.10 Å². The Hall–Kier alpha value is -2.37. The lowest BCUT2D eigenvalue weighted by molar-refractivity contribution is 0.0696. The van der Waals surface area contributed by atoms with Crippen molar-refractivity contribution in [2.45, 2.75) is 13.0 Å². The normalized spacial score (nSPS) is 10.4. The minimum atomic E-state index is -1.14. The van der Waals surface area contributed by atoms with E-state index < -0.39 is 11.8 Å². The van der Waals surface area contributed by atoms with Crippen molar-refractivity contribution in [3.8, 4) is 0 Å². The third kappa shape index (κ3) is 3.54. The van der Waals surface area contributed by atoms with E-state index in [2.05, 4.69) is 10.4 Å². The highest BCUT2D eigenvalue weighted by atomic mass is 19.1. The molecule has 0 saturated heterocycles. The van der Waals surface area contributed by atoms with Gasteiger partial charge in [-0.05, 0) is 30.7 Å². The molecule has 2 N–H and O–H groups in total. The van der Waals surface area contributed by atoms with Crippen molar-refractivity contribution in [3.05, 3.63) is 48.0 Å². The first-order valence-corrected chi connectivity index (χ1v) is 5.91. The number of carboxylic acid groups (broad SMARTS) is 1. The molecule has 0 aliphatic carbocycles. The molecule has 0 aliphatic heterocycles. The Labute approximate surface area is 109 Å². The Kier molecular flexibility index (Phi) is 4.12. The highest BCUT2D eigenvalue weighted by Gasteiger charge is 2.07. The Balaban J connectivity index is 1.84. The zero-order valence-electron chi connectivity index (χ0n) is 10.2. The zero-order valence-corrected chi connectivity index (χ0v) is 10.2. The van der Waals surface area contributed by atoms with E-state index >= 15 is 0 Å². The average molecular weight is 263 g/mol. The monoisotopic (exact) mass is 263 g/mol. The van der Waals surface area contributed by atoms with Crippen molar-refractivity contribution in [2.75, 3.05) is 11.9 Å². The second kappa shape index (κ2) is 5.99. The number of benzene rings is 1. The van der Waals surface area contributed by atoms with Crippen LogP contribution in [0.15, 0.2) is 36.7 Å². The summed E-state index contributed by atoms with van der Waals surface area (Å²) in [6.07, 6.45) is 4.36. The fourth-order valence-corrected chi connectivity index (χ4v) is 1.69. The van der Waals surface area contributed by atoms with Crippen LogP contribution in [0.3, 0.4) is 0 Å². The van der Waals surface area contributed by atoms with Gasteiger partial charge in [-0.15, -0.1) is 0 Å². The molecular weight excluding hydrogens is 249 g/mol. The smallest absolute Gasteiger partial charge is 0.335 e. The molecular formula is C13H14FN3O2. The summed E-state index contributed by atoms with van der Waals surface area (Å²) in [5.41, 5.74) is 0.255. The molecule has 0 atom stereocenters. The summed E-state index contributed by atoms with van der Waals surface area (Å²) >= 11 is 0. The number of aryl methyl sites for hydroxylation is 1. The SMILES string of the molecule is O=C(O)c1ccc(NCCCn2cccn2)c(F)c1. The van der Waals surface area contributed by atoms with Gasteiger partial charge in [0, 0.05) is 25.5 Å². The van der Waals surface area contributed by atoms with Gasteiger partial charge in [-0.1, -0.05) is 0 Å². The molecule has 1 aromatic heterocycles. The van der Waals surface area contributed by atoms with Crippen molar-refractivity contribution >= 4 is 11.7 Å². The molecule has 0 saturated carbocycles. The van der Waals surface area contributed by atoms with E-state index in [-0.39, 0.29) is 5.56 Å². The second-order valence-corrected chi connectivity index (χ2v) is 4.05. The Morgan fingerprint density at radius 3 is 2.95 bits per heavy atom. The van der Waals surface area contributed by atoms with Gasteiger partial charge >= 0.3 is 5.97 Å². The number of aromatic carboxylic acids is 1. The van der Waals surface area contributed by atoms with E-state index in [1.807, 2.05) is 12.3 Å². The van der Waals surface area contributed by atoms with E-state index in [9.17, 15) is 9.18 Å². The van der Waals surface area contributed by atoms with Crippen LogP contribution < -0.4 is 5.32 Å². The third-order valence-corrected chi connectivity index (χ3v) is 2.65. The minimum absolute atomic E-state index is 0.0559. The predicted molar refractivity (Wildman–Crippen MR) is 68.7 cm³/mol. The number of rotatable bonds is 6. The summed E-state index contributed by atoms with van der Waals surface area (Å²) in [4.78, 5) is 10.7. The number of halogens is 1. The molecule has 1 aromatic carbocycles. The largest absolute Gasteiger partial charge is 0.478 e. The second-order valence-electron chi connectivity index (χ2n) is 4.05. The highest BCUT2D eigenvalue weighted by molar-refractivity contribution is 5.88. The van der Waals surface area contributed by atoms with Crippen molar-refractivity contribution in [2.24, 2.45) is 0 Å². The number of hydrogen-bond acceptors (Lipinski definition) is 3. The summed E-state index contributed by atoms with van der Waals surface area (Å²) in [7, 11) is 0. The van der Waals surface area contributed by atoms with E-state index in [0.717, 1.165) is 19.0 Å². The summed E-state index contributed by atoms with van der Waals surface area (Å²) < 4.78 is 15.4. The van der Waals surface area contributed by atoms with E-state index in [4.69, 9.17) is 5.11 Å². The number of carboxylic acids is 1. The van der Waals surface area contributed by atoms with Gasteiger partial charge in [0.2, 0.25) is 0 Å².